The van der Waals surface area contributed by atoms with Gasteiger partial charge in [0, 0.05) is 48.4 Å². The highest BCUT2D eigenvalue weighted by molar-refractivity contribution is 6.30. The van der Waals surface area contributed by atoms with E-state index in [0.29, 0.717) is 23.2 Å². The molecular formula is C20H23ClN4O3. The average Bonchev–Trinajstić information content (AvgIpc) is 2.73. The number of piperidine rings is 1. The molecule has 1 aromatic carbocycles. The van der Waals surface area contributed by atoms with Crippen LogP contribution in [0.3, 0.4) is 0 Å². The summed E-state index contributed by atoms with van der Waals surface area (Å²) >= 11 is 5.79. The van der Waals surface area contributed by atoms with Gasteiger partial charge < -0.3 is 15.0 Å². The maximum Gasteiger partial charge on any atom is 0.412 e. The molecule has 0 aliphatic carbocycles. The molecular weight excluding hydrogens is 380 g/mol. The minimum Gasteiger partial charge on any atom is -0.439 e. The van der Waals surface area contributed by atoms with Gasteiger partial charge in [-0.1, -0.05) is 11.6 Å². The van der Waals surface area contributed by atoms with E-state index in [0.717, 1.165) is 25.9 Å². The van der Waals surface area contributed by atoms with Gasteiger partial charge in [-0.25, -0.2) is 4.79 Å². The smallest absolute Gasteiger partial charge is 0.412 e. The van der Waals surface area contributed by atoms with E-state index >= 15 is 0 Å². The van der Waals surface area contributed by atoms with Crippen LogP contribution in [0, 0.1) is 5.92 Å². The van der Waals surface area contributed by atoms with E-state index < -0.39 is 6.09 Å². The van der Waals surface area contributed by atoms with Crippen LogP contribution in [0.4, 0.5) is 16.2 Å². The van der Waals surface area contributed by atoms with Crippen molar-refractivity contribution in [1.29, 1.82) is 0 Å². The van der Waals surface area contributed by atoms with E-state index in [1.54, 1.807) is 36.7 Å². The zero-order chi connectivity index (χ0) is 19.8. The summed E-state index contributed by atoms with van der Waals surface area (Å²) in [6.07, 6.45) is 4.92. The van der Waals surface area contributed by atoms with Crippen LogP contribution in [-0.2, 0) is 9.53 Å². The molecule has 1 saturated heterocycles. The number of aromatic nitrogens is 1. The standard InChI is InChI=1S/C20H23ClN4O3/c21-16-1-3-17(4-2-16)24-20(27)28-14-19(26)23-13-15-7-11-25(12-8-15)18-5-9-22-10-6-18/h1-6,9-10,15H,7-8,11-14H2,(H,23,26)(H,24,27). The second-order valence-electron chi connectivity index (χ2n) is 6.65. The lowest BCUT2D eigenvalue weighted by molar-refractivity contribution is -0.124. The Kier molecular flexibility index (Phi) is 7.08. The van der Waals surface area contributed by atoms with Gasteiger partial charge in [0.25, 0.3) is 5.91 Å². The first-order chi connectivity index (χ1) is 13.6. The van der Waals surface area contributed by atoms with Gasteiger partial charge in [0.05, 0.1) is 0 Å². The number of nitrogens with one attached hydrogen (secondary N) is 2. The highest BCUT2D eigenvalue weighted by Crippen LogP contribution is 2.22. The van der Waals surface area contributed by atoms with Gasteiger partial charge in [0.1, 0.15) is 0 Å². The lowest BCUT2D eigenvalue weighted by Crippen LogP contribution is -2.39. The maximum absolute atomic E-state index is 11.9. The van der Waals surface area contributed by atoms with Gasteiger partial charge in [-0.3, -0.25) is 15.1 Å². The fourth-order valence-electron chi connectivity index (χ4n) is 3.08. The molecule has 2 heterocycles. The summed E-state index contributed by atoms with van der Waals surface area (Å²) in [5, 5.41) is 5.96. The Morgan fingerprint density at radius 1 is 1.11 bits per heavy atom. The van der Waals surface area contributed by atoms with Gasteiger partial charge in [-0.2, -0.15) is 0 Å². The first-order valence-corrected chi connectivity index (χ1v) is 9.59. The van der Waals surface area contributed by atoms with Crippen molar-refractivity contribution in [2.75, 3.05) is 36.5 Å². The Hall–Kier alpha value is -2.80. The van der Waals surface area contributed by atoms with Crippen molar-refractivity contribution in [2.24, 2.45) is 5.92 Å². The molecule has 2 N–H and O–H groups in total. The molecule has 2 amide bonds. The third-order valence-electron chi connectivity index (χ3n) is 4.66. The summed E-state index contributed by atoms with van der Waals surface area (Å²) in [7, 11) is 0. The zero-order valence-corrected chi connectivity index (χ0v) is 16.2. The minimum absolute atomic E-state index is 0.303. The molecule has 1 fully saturated rings. The molecule has 0 unspecified atom stereocenters. The van der Waals surface area contributed by atoms with Crippen LogP contribution in [0.2, 0.25) is 5.02 Å². The minimum atomic E-state index is -0.678. The monoisotopic (exact) mass is 402 g/mol. The van der Waals surface area contributed by atoms with Crippen LogP contribution in [0.15, 0.2) is 48.8 Å². The fraction of sp³-hybridized carbons (Fsp3) is 0.350. The largest absolute Gasteiger partial charge is 0.439 e. The SMILES string of the molecule is O=C(COC(=O)Nc1ccc(Cl)cc1)NCC1CCN(c2ccncc2)CC1. The van der Waals surface area contributed by atoms with Crippen LogP contribution >= 0.6 is 11.6 Å². The van der Waals surface area contributed by atoms with E-state index in [2.05, 4.69) is 20.5 Å². The van der Waals surface area contributed by atoms with Crippen LogP contribution in [0.1, 0.15) is 12.8 Å². The predicted octanol–water partition coefficient (Wildman–Crippen LogP) is 3.32. The first kappa shape index (κ1) is 19.9. The van der Waals surface area contributed by atoms with E-state index in [-0.39, 0.29) is 12.5 Å². The molecule has 0 atom stereocenters. The van der Waals surface area contributed by atoms with Crippen LogP contribution in [0.25, 0.3) is 0 Å². The number of hydrogen-bond donors (Lipinski definition) is 2. The number of anilines is 2. The number of benzene rings is 1. The highest BCUT2D eigenvalue weighted by atomic mass is 35.5. The van der Waals surface area contributed by atoms with Gasteiger partial charge in [0.2, 0.25) is 0 Å². The molecule has 0 saturated carbocycles. The Morgan fingerprint density at radius 2 is 1.79 bits per heavy atom. The molecule has 1 aliphatic heterocycles. The fourth-order valence-corrected chi connectivity index (χ4v) is 3.20. The number of carbonyl (C=O) groups excluding carboxylic acids is 2. The summed E-state index contributed by atoms with van der Waals surface area (Å²) in [5.41, 5.74) is 1.73. The van der Waals surface area contributed by atoms with E-state index in [1.807, 2.05) is 12.1 Å². The van der Waals surface area contributed by atoms with Gasteiger partial charge in [-0.15, -0.1) is 0 Å². The van der Waals surface area contributed by atoms with Crippen molar-refractivity contribution in [1.82, 2.24) is 10.3 Å². The number of nitrogens with zero attached hydrogens (tertiary/aromatic N) is 2. The van der Waals surface area contributed by atoms with Gasteiger partial charge in [-0.05, 0) is 55.2 Å². The Labute approximate surface area is 169 Å². The molecule has 7 nitrogen and oxygen atoms in total. The first-order valence-electron chi connectivity index (χ1n) is 9.21. The Bertz CT molecular complexity index is 778. The quantitative estimate of drug-likeness (QED) is 0.774. The lowest BCUT2D eigenvalue weighted by Gasteiger charge is -2.33. The summed E-state index contributed by atoms with van der Waals surface area (Å²) in [5.74, 6) is 0.118. The highest BCUT2D eigenvalue weighted by Gasteiger charge is 2.20. The van der Waals surface area contributed by atoms with E-state index in [1.165, 1.54) is 5.69 Å². The number of ether oxygens (including phenoxy) is 1. The topological polar surface area (TPSA) is 83.6 Å². The number of hydrogen-bond acceptors (Lipinski definition) is 5. The lowest BCUT2D eigenvalue weighted by atomic mass is 9.96. The maximum atomic E-state index is 11.9. The summed E-state index contributed by atoms with van der Waals surface area (Å²) < 4.78 is 4.94. The number of carbonyl (C=O) groups is 2. The second-order valence-corrected chi connectivity index (χ2v) is 7.08. The molecule has 28 heavy (non-hydrogen) atoms. The van der Waals surface area contributed by atoms with Crippen LogP contribution in [0.5, 0.6) is 0 Å². The molecule has 148 valence electrons. The van der Waals surface area contributed by atoms with E-state index in [4.69, 9.17) is 16.3 Å². The van der Waals surface area contributed by atoms with Crippen molar-refractivity contribution in [3.8, 4) is 0 Å². The number of amides is 2. The molecule has 1 aromatic heterocycles. The number of halogens is 1. The van der Waals surface area contributed by atoms with Gasteiger partial charge in [0.15, 0.2) is 6.61 Å². The molecule has 0 radical (unpaired) electrons. The molecule has 0 bridgehead atoms. The van der Waals surface area contributed by atoms with Crippen LogP contribution < -0.4 is 15.5 Å². The zero-order valence-electron chi connectivity index (χ0n) is 15.4. The van der Waals surface area contributed by atoms with Crippen molar-refractivity contribution in [3.05, 3.63) is 53.8 Å². The summed E-state index contributed by atoms with van der Waals surface area (Å²) in [4.78, 5) is 30.0. The Balaban J connectivity index is 1.31. The molecule has 1 aliphatic rings. The second kappa shape index (κ2) is 9.94. The summed E-state index contributed by atoms with van der Waals surface area (Å²) in [6.45, 7) is 2.18. The Morgan fingerprint density at radius 3 is 2.46 bits per heavy atom. The third-order valence-corrected chi connectivity index (χ3v) is 4.91. The molecule has 8 heteroatoms. The summed E-state index contributed by atoms with van der Waals surface area (Å²) in [6, 6.07) is 10.6. The third kappa shape index (κ3) is 6.13. The van der Waals surface area contributed by atoms with Crippen molar-refractivity contribution >= 4 is 35.0 Å². The normalized spacial score (nSPS) is 14.4. The van der Waals surface area contributed by atoms with Gasteiger partial charge >= 0.3 is 6.09 Å². The average molecular weight is 403 g/mol. The van der Waals surface area contributed by atoms with Crippen LogP contribution in [-0.4, -0.2) is 43.2 Å². The van der Waals surface area contributed by atoms with Crippen molar-refractivity contribution < 1.29 is 14.3 Å². The molecule has 0 spiro atoms. The predicted molar refractivity (Wildman–Crippen MR) is 109 cm³/mol. The van der Waals surface area contributed by atoms with E-state index in [9.17, 15) is 9.59 Å². The molecule has 3 rings (SSSR count). The molecule has 2 aromatic rings. The van der Waals surface area contributed by atoms with Crippen molar-refractivity contribution in [2.45, 2.75) is 12.8 Å². The number of pyridine rings is 1. The van der Waals surface area contributed by atoms with Crippen molar-refractivity contribution in [3.63, 3.8) is 0 Å². The number of rotatable bonds is 6.